The van der Waals surface area contributed by atoms with Crippen LogP contribution < -0.4 is 5.32 Å². The number of aliphatic hydroxyl groups is 1. The van der Waals surface area contributed by atoms with Gasteiger partial charge < -0.3 is 10.4 Å². The minimum atomic E-state index is 0.202. The molecule has 0 aliphatic rings. The molecule has 0 amide bonds. The summed E-state index contributed by atoms with van der Waals surface area (Å²) in [5.74, 6) is 0. The number of hydrogen-bond donors (Lipinski definition) is 2. The first-order valence-corrected chi connectivity index (χ1v) is 5.20. The third kappa shape index (κ3) is 3.78. The van der Waals surface area contributed by atoms with E-state index in [9.17, 15) is 0 Å². The maximum absolute atomic E-state index is 8.86. The van der Waals surface area contributed by atoms with Gasteiger partial charge in [-0.15, -0.1) is 0 Å². The van der Waals surface area contributed by atoms with Crippen LogP contribution in [0.25, 0.3) is 0 Å². The van der Waals surface area contributed by atoms with E-state index < -0.39 is 0 Å². The molecule has 0 fully saturated rings. The van der Waals surface area contributed by atoms with Crippen molar-refractivity contribution in [1.29, 1.82) is 5.26 Å². The second kappa shape index (κ2) is 6.28. The Morgan fingerprint density at radius 3 is 2.87 bits per heavy atom. The van der Waals surface area contributed by atoms with E-state index in [1.165, 1.54) is 0 Å². The molecule has 0 aromatic heterocycles. The molecule has 4 heteroatoms. The van der Waals surface area contributed by atoms with E-state index in [0.29, 0.717) is 10.6 Å². The molecule has 0 atom stereocenters. The molecule has 1 aromatic rings. The first-order chi connectivity index (χ1) is 7.27. The van der Waals surface area contributed by atoms with Gasteiger partial charge in [0.15, 0.2) is 0 Å². The Morgan fingerprint density at radius 2 is 2.20 bits per heavy atom. The van der Waals surface area contributed by atoms with Crippen LogP contribution in [0, 0.1) is 11.3 Å². The van der Waals surface area contributed by atoms with Gasteiger partial charge in [-0.1, -0.05) is 11.6 Å². The Labute approximate surface area is 94.3 Å². The monoisotopic (exact) mass is 224 g/mol. The zero-order valence-electron chi connectivity index (χ0n) is 8.33. The largest absolute Gasteiger partial charge is 0.396 e. The summed E-state index contributed by atoms with van der Waals surface area (Å²) in [5, 5.41) is 21.2. The van der Waals surface area contributed by atoms with Crippen molar-refractivity contribution in [1.82, 2.24) is 0 Å². The van der Waals surface area contributed by atoms with E-state index in [1.807, 2.05) is 0 Å². The summed E-state index contributed by atoms with van der Waals surface area (Å²) in [7, 11) is 0. The van der Waals surface area contributed by atoms with Crippen LogP contribution in [0.1, 0.15) is 18.4 Å². The highest BCUT2D eigenvalue weighted by molar-refractivity contribution is 6.30. The molecule has 0 saturated heterocycles. The van der Waals surface area contributed by atoms with Crippen LogP contribution in [0.2, 0.25) is 5.02 Å². The zero-order valence-corrected chi connectivity index (χ0v) is 9.09. The molecule has 2 N–H and O–H groups in total. The van der Waals surface area contributed by atoms with Crippen molar-refractivity contribution in [3.63, 3.8) is 0 Å². The Morgan fingerprint density at radius 1 is 1.40 bits per heavy atom. The number of hydrogen-bond acceptors (Lipinski definition) is 3. The molecule has 3 nitrogen and oxygen atoms in total. The SMILES string of the molecule is N#Cc1cc(Cl)ccc1NCCCCO. The number of nitrogens with one attached hydrogen (secondary N) is 1. The van der Waals surface area contributed by atoms with Crippen LogP contribution in [-0.4, -0.2) is 18.3 Å². The number of nitrogens with zero attached hydrogens (tertiary/aromatic N) is 1. The highest BCUT2D eigenvalue weighted by Gasteiger charge is 2.01. The van der Waals surface area contributed by atoms with Crippen LogP contribution in [0.5, 0.6) is 0 Å². The summed E-state index contributed by atoms with van der Waals surface area (Å²) in [6, 6.07) is 7.25. The smallest absolute Gasteiger partial charge is 0.101 e. The number of halogens is 1. The van der Waals surface area contributed by atoms with Crippen LogP contribution >= 0.6 is 11.6 Å². The van der Waals surface area contributed by atoms with Gasteiger partial charge in [0.25, 0.3) is 0 Å². The van der Waals surface area contributed by atoms with Crippen molar-refractivity contribution in [3.8, 4) is 6.07 Å². The van der Waals surface area contributed by atoms with Crippen molar-refractivity contribution < 1.29 is 5.11 Å². The fourth-order valence-electron chi connectivity index (χ4n) is 1.22. The number of nitriles is 1. The molecule has 0 saturated carbocycles. The standard InChI is InChI=1S/C11H13ClN2O/c12-10-3-4-11(9(7-10)8-13)14-5-1-2-6-15/h3-4,7,14-15H,1-2,5-6H2. The van der Waals surface area contributed by atoms with Crippen LogP contribution in [0.3, 0.4) is 0 Å². The zero-order chi connectivity index (χ0) is 11.1. The molecular weight excluding hydrogens is 212 g/mol. The summed E-state index contributed by atoms with van der Waals surface area (Å²) in [6.07, 6.45) is 1.65. The molecule has 0 unspecified atom stereocenters. The minimum Gasteiger partial charge on any atom is -0.396 e. The summed E-state index contributed by atoms with van der Waals surface area (Å²) in [4.78, 5) is 0. The lowest BCUT2D eigenvalue weighted by molar-refractivity contribution is 0.286. The van der Waals surface area contributed by atoms with Gasteiger partial charge in [0.1, 0.15) is 6.07 Å². The van der Waals surface area contributed by atoms with Crippen molar-refractivity contribution in [2.75, 3.05) is 18.5 Å². The maximum Gasteiger partial charge on any atom is 0.101 e. The summed E-state index contributed by atoms with van der Waals surface area (Å²) >= 11 is 5.77. The molecule has 1 aromatic carbocycles. The van der Waals surface area contributed by atoms with Gasteiger partial charge in [-0.3, -0.25) is 0 Å². The molecule has 0 radical (unpaired) electrons. The maximum atomic E-state index is 8.86. The van der Waals surface area contributed by atoms with E-state index in [-0.39, 0.29) is 6.61 Å². The van der Waals surface area contributed by atoms with E-state index in [0.717, 1.165) is 25.1 Å². The number of unbranched alkanes of at least 4 members (excludes halogenated alkanes) is 1. The van der Waals surface area contributed by atoms with Crippen LogP contribution in [0.15, 0.2) is 18.2 Å². The summed E-state index contributed by atoms with van der Waals surface area (Å²) in [5.41, 5.74) is 1.34. The minimum absolute atomic E-state index is 0.202. The molecule has 15 heavy (non-hydrogen) atoms. The second-order valence-electron chi connectivity index (χ2n) is 3.16. The van der Waals surface area contributed by atoms with Gasteiger partial charge in [-0.25, -0.2) is 0 Å². The molecular formula is C11H13ClN2O. The first-order valence-electron chi connectivity index (χ1n) is 4.82. The van der Waals surface area contributed by atoms with E-state index in [4.69, 9.17) is 22.0 Å². The molecule has 0 heterocycles. The third-order valence-electron chi connectivity index (χ3n) is 2.00. The van der Waals surface area contributed by atoms with Gasteiger partial charge >= 0.3 is 0 Å². The lowest BCUT2D eigenvalue weighted by Gasteiger charge is -2.07. The van der Waals surface area contributed by atoms with Gasteiger partial charge in [0.05, 0.1) is 11.3 Å². The molecule has 0 spiro atoms. The van der Waals surface area contributed by atoms with Crippen molar-refractivity contribution >= 4 is 17.3 Å². The number of benzene rings is 1. The molecule has 0 aliphatic heterocycles. The van der Waals surface area contributed by atoms with Crippen LogP contribution in [-0.2, 0) is 0 Å². The number of anilines is 1. The normalized spacial score (nSPS) is 9.67. The predicted molar refractivity (Wildman–Crippen MR) is 61.0 cm³/mol. The predicted octanol–water partition coefficient (Wildman–Crippen LogP) is 2.40. The Hall–Kier alpha value is -1.24. The van der Waals surface area contributed by atoms with Crippen molar-refractivity contribution in [2.45, 2.75) is 12.8 Å². The average Bonchev–Trinajstić information content (AvgIpc) is 2.26. The fraction of sp³-hybridized carbons (Fsp3) is 0.364. The van der Waals surface area contributed by atoms with E-state index in [1.54, 1.807) is 18.2 Å². The van der Waals surface area contributed by atoms with Gasteiger partial charge in [-0.05, 0) is 31.0 Å². The summed E-state index contributed by atoms with van der Waals surface area (Å²) in [6.45, 7) is 0.949. The molecule has 1 rings (SSSR count). The van der Waals surface area contributed by atoms with Gasteiger partial charge in [0, 0.05) is 18.2 Å². The topological polar surface area (TPSA) is 56.0 Å². The highest BCUT2D eigenvalue weighted by Crippen LogP contribution is 2.19. The van der Waals surface area contributed by atoms with Crippen LogP contribution in [0.4, 0.5) is 5.69 Å². The lowest BCUT2D eigenvalue weighted by atomic mass is 10.2. The quantitative estimate of drug-likeness (QED) is 0.756. The Balaban J connectivity index is 2.57. The van der Waals surface area contributed by atoms with Gasteiger partial charge in [-0.2, -0.15) is 5.26 Å². The second-order valence-corrected chi connectivity index (χ2v) is 3.60. The molecule has 0 bridgehead atoms. The Bertz CT molecular complexity index is 360. The number of aliphatic hydroxyl groups excluding tert-OH is 1. The number of rotatable bonds is 5. The third-order valence-corrected chi connectivity index (χ3v) is 2.24. The molecule has 80 valence electrons. The van der Waals surface area contributed by atoms with E-state index in [2.05, 4.69) is 11.4 Å². The van der Waals surface area contributed by atoms with Gasteiger partial charge in [0.2, 0.25) is 0 Å². The summed E-state index contributed by atoms with van der Waals surface area (Å²) < 4.78 is 0. The van der Waals surface area contributed by atoms with E-state index >= 15 is 0 Å². The van der Waals surface area contributed by atoms with Crippen molar-refractivity contribution in [3.05, 3.63) is 28.8 Å². The fourth-order valence-corrected chi connectivity index (χ4v) is 1.40. The highest BCUT2D eigenvalue weighted by atomic mass is 35.5. The Kier molecular flexibility index (Phi) is 4.96. The first kappa shape index (κ1) is 11.8. The van der Waals surface area contributed by atoms with Crippen molar-refractivity contribution in [2.24, 2.45) is 0 Å². The lowest BCUT2D eigenvalue weighted by Crippen LogP contribution is -2.03. The molecule has 0 aliphatic carbocycles. The average molecular weight is 225 g/mol.